The minimum Gasteiger partial charge on any atom is -0.492 e. The van der Waals surface area contributed by atoms with Crippen LogP contribution in [-0.2, 0) is 13.1 Å². The summed E-state index contributed by atoms with van der Waals surface area (Å²) in [6.07, 6.45) is 0. The lowest BCUT2D eigenvalue weighted by Crippen LogP contribution is -2.10. The van der Waals surface area contributed by atoms with E-state index in [4.69, 9.17) is 10.5 Å². The van der Waals surface area contributed by atoms with Gasteiger partial charge in [0.25, 0.3) is 0 Å². The van der Waals surface area contributed by atoms with Crippen LogP contribution >= 0.6 is 0 Å². The monoisotopic (exact) mass is 267 g/mol. The summed E-state index contributed by atoms with van der Waals surface area (Å²) in [7, 11) is 0. The maximum absolute atomic E-state index is 5.74. The average Bonchev–Trinajstić information content (AvgIpc) is 2.87. The Kier molecular flexibility index (Phi) is 3.65. The molecule has 0 saturated carbocycles. The molecule has 0 unspecified atom stereocenters. The van der Waals surface area contributed by atoms with Crippen LogP contribution in [0.15, 0.2) is 54.6 Å². The van der Waals surface area contributed by atoms with Crippen LogP contribution in [0, 0.1) is 0 Å². The van der Waals surface area contributed by atoms with Crippen molar-refractivity contribution in [3.05, 3.63) is 60.3 Å². The van der Waals surface area contributed by atoms with Crippen LogP contribution in [0.4, 0.5) is 0 Å². The highest BCUT2D eigenvalue weighted by Crippen LogP contribution is 2.18. The zero-order valence-corrected chi connectivity index (χ0v) is 11.2. The first kappa shape index (κ1) is 12.7. The Morgan fingerprint density at radius 3 is 2.55 bits per heavy atom. The van der Waals surface area contributed by atoms with E-state index in [1.165, 1.54) is 0 Å². The van der Waals surface area contributed by atoms with Crippen molar-refractivity contribution in [2.75, 3.05) is 6.61 Å². The Balaban J connectivity index is 1.74. The standard InChI is InChI=1S/C16H17N3O/c17-12-15-14-8-4-5-9-16(14)19(18-15)10-11-20-13-6-2-1-3-7-13/h1-9H,10-12,17H2. The summed E-state index contributed by atoms with van der Waals surface area (Å²) < 4.78 is 7.67. The predicted octanol–water partition coefficient (Wildman–Crippen LogP) is 2.57. The summed E-state index contributed by atoms with van der Waals surface area (Å²) in [5.41, 5.74) is 7.77. The van der Waals surface area contributed by atoms with Gasteiger partial charge in [0.1, 0.15) is 12.4 Å². The molecule has 0 aliphatic rings. The van der Waals surface area contributed by atoms with Crippen LogP contribution in [0.3, 0.4) is 0 Å². The van der Waals surface area contributed by atoms with E-state index in [1.807, 2.05) is 47.1 Å². The molecule has 0 saturated heterocycles. The SMILES string of the molecule is NCc1nn(CCOc2ccccc2)c2ccccc12. The Morgan fingerprint density at radius 2 is 1.75 bits per heavy atom. The number of nitrogens with zero attached hydrogens (tertiary/aromatic N) is 2. The Morgan fingerprint density at radius 1 is 1.00 bits per heavy atom. The van der Waals surface area contributed by atoms with Crippen molar-refractivity contribution in [3.8, 4) is 5.75 Å². The second-order valence-corrected chi connectivity index (χ2v) is 4.55. The third-order valence-corrected chi connectivity index (χ3v) is 3.24. The molecule has 4 heteroatoms. The zero-order chi connectivity index (χ0) is 13.8. The second-order valence-electron chi connectivity index (χ2n) is 4.55. The number of aromatic nitrogens is 2. The molecule has 0 amide bonds. The highest BCUT2D eigenvalue weighted by atomic mass is 16.5. The van der Waals surface area contributed by atoms with Gasteiger partial charge in [0.15, 0.2) is 0 Å². The number of hydrogen-bond donors (Lipinski definition) is 1. The van der Waals surface area contributed by atoms with Crippen LogP contribution < -0.4 is 10.5 Å². The molecule has 1 heterocycles. The molecule has 3 rings (SSSR count). The molecule has 2 aromatic carbocycles. The van der Waals surface area contributed by atoms with Gasteiger partial charge in [-0.3, -0.25) is 4.68 Å². The van der Waals surface area contributed by atoms with Gasteiger partial charge in [0, 0.05) is 11.9 Å². The van der Waals surface area contributed by atoms with E-state index >= 15 is 0 Å². The third kappa shape index (κ3) is 2.51. The van der Waals surface area contributed by atoms with Gasteiger partial charge in [-0.15, -0.1) is 0 Å². The molecule has 4 nitrogen and oxygen atoms in total. The lowest BCUT2D eigenvalue weighted by molar-refractivity contribution is 0.293. The molecule has 0 aliphatic carbocycles. The van der Waals surface area contributed by atoms with Gasteiger partial charge in [0.2, 0.25) is 0 Å². The molecule has 102 valence electrons. The summed E-state index contributed by atoms with van der Waals surface area (Å²) in [6.45, 7) is 1.74. The number of rotatable bonds is 5. The maximum Gasteiger partial charge on any atom is 0.119 e. The number of para-hydroxylation sites is 2. The fraction of sp³-hybridized carbons (Fsp3) is 0.188. The molecule has 0 fully saturated rings. The molecule has 2 N–H and O–H groups in total. The number of benzene rings is 2. The molecule has 20 heavy (non-hydrogen) atoms. The highest BCUT2D eigenvalue weighted by molar-refractivity contribution is 5.81. The predicted molar refractivity (Wildman–Crippen MR) is 79.6 cm³/mol. The van der Waals surface area contributed by atoms with Crippen LogP contribution in [-0.4, -0.2) is 16.4 Å². The quantitative estimate of drug-likeness (QED) is 0.773. The number of fused-ring (bicyclic) bond motifs is 1. The Hall–Kier alpha value is -2.33. The van der Waals surface area contributed by atoms with E-state index in [0.29, 0.717) is 19.7 Å². The van der Waals surface area contributed by atoms with Crippen molar-refractivity contribution in [2.24, 2.45) is 5.73 Å². The van der Waals surface area contributed by atoms with Crippen LogP contribution in [0.5, 0.6) is 5.75 Å². The number of nitrogens with two attached hydrogens (primary N) is 1. The van der Waals surface area contributed by atoms with Gasteiger partial charge in [-0.25, -0.2) is 0 Å². The Bertz CT molecular complexity index is 691. The fourth-order valence-electron chi connectivity index (χ4n) is 2.28. The molecule has 0 spiro atoms. The third-order valence-electron chi connectivity index (χ3n) is 3.24. The van der Waals surface area contributed by atoms with E-state index in [2.05, 4.69) is 17.2 Å². The van der Waals surface area contributed by atoms with E-state index in [-0.39, 0.29) is 0 Å². The molecule has 0 bridgehead atoms. The van der Waals surface area contributed by atoms with E-state index in [1.54, 1.807) is 0 Å². The van der Waals surface area contributed by atoms with Gasteiger partial charge < -0.3 is 10.5 Å². The van der Waals surface area contributed by atoms with Crippen molar-refractivity contribution in [1.82, 2.24) is 9.78 Å². The first-order valence-electron chi connectivity index (χ1n) is 6.71. The van der Waals surface area contributed by atoms with Crippen molar-refractivity contribution in [2.45, 2.75) is 13.1 Å². The van der Waals surface area contributed by atoms with Gasteiger partial charge in [0.05, 0.1) is 17.8 Å². The molecular formula is C16H17N3O. The van der Waals surface area contributed by atoms with Gasteiger partial charge >= 0.3 is 0 Å². The molecule has 1 aromatic heterocycles. The molecule has 0 aliphatic heterocycles. The van der Waals surface area contributed by atoms with Gasteiger partial charge in [-0.05, 0) is 18.2 Å². The number of ether oxygens (including phenoxy) is 1. The minimum atomic E-state index is 0.451. The van der Waals surface area contributed by atoms with E-state index in [9.17, 15) is 0 Å². The van der Waals surface area contributed by atoms with Crippen molar-refractivity contribution in [3.63, 3.8) is 0 Å². The van der Waals surface area contributed by atoms with Crippen molar-refractivity contribution in [1.29, 1.82) is 0 Å². The summed E-state index contributed by atoms with van der Waals surface area (Å²) >= 11 is 0. The van der Waals surface area contributed by atoms with Gasteiger partial charge in [-0.1, -0.05) is 36.4 Å². The molecule has 0 radical (unpaired) electrons. The highest BCUT2D eigenvalue weighted by Gasteiger charge is 2.08. The largest absolute Gasteiger partial charge is 0.492 e. The van der Waals surface area contributed by atoms with Crippen molar-refractivity contribution < 1.29 is 4.74 Å². The van der Waals surface area contributed by atoms with Gasteiger partial charge in [-0.2, -0.15) is 5.10 Å². The fourth-order valence-corrected chi connectivity index (χ4v) is 2.28. The van der Waals surface area contributed by atoms with Crippen LogP contribution in [0.25, 0.3) is 10.9 Å². The molecule has 0 atom stereocenters. The normalized spacial score (nSPS) is 10.8. The minimum absolute atomic E-state index is 0.451. The molecular weight excluding hydrogens is 250 g/mol. The smallest absolute Gasteiger partial charge is 0.119 e. The first-order chi connectivity index (χ1) is 9.88. The topological polar surface area (TPSA) is 53.1 Å². The lowest BCUT2D eigenvalue weighted by atomic mass is 10.2. The average molecular weight is 267 g/mol. The van der Waals surface area contributed by atoms with Crippen LogP contribution in [0.2, 0.25) is 0 Å². The van der Waals surface area contributed by atoms with Crippen LogP contribution in [0.1, 0.15) is 5.69 Å². The van der Waals surface area contributed by atoms with E-state index in [0.717, 1.165) is 22.3 Å². The molecule has 3 aromatic rings. The Labute approximate surface area is 117 Å². The summed E-state index contributed by atoms with van der Waals surface area (Å²) in [4.78, 5) is 0. The lowest BCUT2D eigenvalue weighted by Gasteiger charge is -2.06. The summed E-state index contributed by atoms with van der Waals surface area (Å²) in [6, 6.07) is 17.9. The second kappa shape index (κ2) is 5.75. The van der Waals surface area contributed by atoms with Crippen molar-refractivity contribution >= 4 is 10.9 Å². The summed E-state index contributed by atoms with van der Waals surface area (Å²) in [5.74, 6) is 0.878. The first-order valence-corrected chi connectivity index (χ1v) is 6.71. The number of hydrogen-bond acceptors (Lipinski definition) is 3. The summed E-state index contributed by atoms with van der Waals surface area (Å²) in [5, 5.41) is 5.67. The zero-order valence-electron chi connectivity index (χ0n) is 11.2. The maximum atomic E-state index is 5.74. The van der Waals surface area contributed by atoms with E-state index < -0.39 is 0 Å².